The van der Waals surface area contributed by atoms with E-state index in [1.165, 1.54) is 4.90 Å². The molecule has 3 aliphatic rings. The smallest absolute Gasteiger partial charge is 0.407 e. The van der Waals surface area contributed by atoms with E-state index < -0.39 is 11.6 Å². The van der Waals surface area contributed by atoms with Crippen molar-refractivity contribution in [1.82, 2.24) is 10.2 Å². The van der Waals surface area contributed by atoms with Crippen molar-refractivity contribution in [2.24, 2.45) is 10.9 Å². The van der Waals surface area contributed by atoms with E-state index in [9.17, 15) is 14.0 Å². The summed E-state index contributed by atoms with van der Waals surface area (Å²) in [6.45, 7) is 0.801. The minimum Gasteiger partial charge on any atom is -0.465 e. The molecule has 2 fully saturated rings. The highest BCUT2D eigenvalue weighted by Crippen LogP contribution is 2.34. The molecule has 1 aliphatic carbocycles. The van der Waals surface area contributed by atoms with E-state index in [4.69, 9.17) is 14.8 Å². The highest BCUT2D eigenvalue weighted by Gasteiger charge is 2.47. The molecule has 8 heteroatoms. The molecule has 0 aromatic carbocycles. The molecule has 2 heterocycles. The number of piperidine rings is 1. The summed E-state index contributed by atoms with van der Waals surface area (Å²) in [6.07, 6.45) is 4.15. The van der Waals surface area contributed by atoms with Crippen LogP contribution in [0.2, 0.25) is 0 Å². The molecule has 2 amide bonds. The Hall–Kier alpha value is -1.70. The summed E-state index contributed by atoms with van der Waals surface area (Å²) >= 11 is 0. The molecule has 1 spiro atoms. The Morgan fingerprint density at radius 3 is 2.60 bits per heavy atom. The molecular formula is C17H26FN3O4. The molecule has 7 nitrogen and oxygen atoms in total. The van der Waals surface area contributed by atoms with Gasteiger partial charge in [0.2, 0.25) is 0 Å². The summed E-state index contributed by atoms with van der Waals surface area (Å²) in [6, 6.07) is 0. The highest BCUT2D eigenvalue weighted by atomic mass is 19.1. The summed E-state index contributed by atoms with van der Waals surface area (Å²) < 4.78 is 17.8. The maximum absolute atomic E-state index is 12.5. The van der Waals surface area contributed by atoms with E-state index in [1.807, 2.05) is 0 Å². The number of aliphatic imine (C=N–C) groups is 1. The Morgan fingerprint density at radius 2 is 2.00 bits per heavy atom. The SMILES string of the molecule is O=C(O)N1CCC2(CC1)N=C([C@H]1CC[C@@H](OCCCF)CC1)NC2=O. The number of carboxylic acid groups (broad SMARTS) is 1. The van der Waals surface area contributed by atoms with Crippen molar-refractivity contribution in [3.05, 3.63) is 0 Å². The Bertz CT molecular complexity index is 538. The minimum absolute atomic E-state index is 0.0890. The Labute approximate surface area is 146 Å². The Kier molecular flexibility index (Phi) is 5.56. The van der Waals surface area contributed by atoms with Crippen LogP contribution in [0.3, 0.4) is 0 Å². The third kappa shape index (κ3) is 3.94. The van der Waals surface area contributed by atoms with E-state index in [0.29, 0.717) is 39.0 Å². The first-order chi connectivity index (χ1) is 12.0. The number of nitrogens with one attached hydrogen (secondary N) is 1. The first kappa shape index (κ1) is 18.1. The maximum Gasteiger partial charge on any atom is 0.407 e. The van der Waals surface area contributed by atoms with Gasteiger partial charge >= 0.3 is 6.09 Å². The Morgan fingerprint density at radius 1 is 1.32 bits per heavy atom. The molecule has 3 rings (SSSR count). The molecule has 0 aromatic rings. The summed E-state index contributed by atoms with van der Waals surface area (Å²) in [7, 11) is 0. The molecule has 140 valence electrons. The third-order valence-electron chi connectivity index (χ3n) is 5.55. The monoisotopic (exact) mass is 355 g/mol. The quantitative estimate of drug-likeness (QED) is 0.738. The molecule has 25 heavy (non-hydrogen) atoms. The van der Waals surface area contributed by atoms with Crippen LogP contribution in [0, 0.1) is 5.92 Å². The fourth-order valence-electron chi connectivity index (χ4n) is 3.95. The van der Waals surface area contributed by atoms with Crippen molar-refractivity contribution < 1.29 is 23.8 Å². The van der Waals surface area contributed by atoms with E-state index in [1.54, 1.807) is 0 Å². The highest BCUT2D eigenvalue weighted by molar-refractivity contribution is 6.09. The molecule has 0 atom stereocenters. The second-order valence-corrected chi connectivity index (χ2v) is 7.14. The lowest BCUT2D eigenvalue weighted by Gasteiger charge is -2.33. The molecule has 0 unspecified atom stereocenters. The van der Waals surface area contributed by atoms with Crippen LogP contribution in [0.25, 0.3) is 0 Å². The van der Waals surface area contributed by atoms with Gasteiger partial charge in [-0.2, -0.15) is 0 Å². The van der Waals surface area contributed by atoms with Gasteiger partial charge in [0.15, 0.2) is 0 Å². The van der Waals surface area contributed by atoms with Crippen molar-refractivity contribution in [2.45, 2.75) is 56.6 Å². The molecule has 0 radical (unpaired) electrons. The van der Waals surface area contributed by atoms with Crippen molar-refractivity contribution >= 4 is 17.8 Å². The second kappa shape index (κ2) is 7.68. The summed E-state index contributed by atoms with van der Waals surface area (Å²) in [4.78, 5) is 29.6. The van der Waals surface area contributed by atoms with Crippen LogP contribution in [-0.4, -0.2) is 65.9 Å². The van der Waals surface area contributed by atoms with E-state index >= 15 is 0 Å². The number of amidine groups is 1. The molecule has 0 bridgehead atoms. The number of carbonyl (C=O) groups is 2. The molecule has 1 saturated heterocycles. The van der Waals surface area contributed by atoms with Crippen LogP contribution in [0.1, 0.15) is 44.9 Å². The molecule has 0 aromatic heterocycles. The van der Waals surface area contributed by atoms with E-state index in [-0.39, 0.29) is 24.6 Å². The van der Waals surface area contributed by atoms with Crippen molar-refractivity contribution in [2.75, 3.05) is 26.4 Å². The van der Waals surface area contributed by atoms with Gasteiger partial charge in [0.05, 0.1) is 12.8 Å². The van der Waals surface area contributed by atoms with Crippen LogP contribution in [-0.2, 0) is 9.53 Å². The van der Waals surface area contributed by atoms with Gasteiger partial charge in [-0.05, 0) is 44.9 Å². The zero-order valence-electron chi connectivity index (χ0n) is 14.4. The number of alkyl halides is 1. The number of amides is 2. The lowest BCUT2D eigenvalue weighted by atomic mass is 9.86. The van der Waals surface area contributed by atoms with Crippen LogP contribution >= 0.6 is 0 Å². The first-order valence-electron chi connectivity index (χ1n) is 9.11. The van der Waals surface area contributed by atoms with Gasteiger partial charge in [-0.3, -0.25) is 14.2 Å². The number of carbonyl (C=O) groups excluding carboxylic acids is 1. The average Bonchev–Trinajstić information content (AvgIpc) is 2.92. The van der Waals surface area contributed by atoms with Crippen LogP contribution < -0.4 is 5.32 Å². The van der Waals surface area contributed by atoms with Gasteiger partial charge in [0.1, 0.15) is 11.4 Å². The predicted octanol–water partition coefficient (Wildman–Crippen LogP) is 1.96. The van der Waals surface area contributed by atoms with Crippen LogP contribution in [0.15, 0.2) is 4.99 Å². The summed E-state index contributed by atoms with van der Waals surface area (Å²) in [5.74, 6) is 0.895. The Balaban J connectivity index is 1.54. The van der Waals surface area contributed by atoms with Crippen molar-refractivity contribution in [3.8, 4) is 0 Å². The van der Waals surface area contributed by atoms with Gasteiger partial charge in [0.25, 0.3) is 5.91 Å². The lowest BCUT2D eigenvalue weighted by Crippen LogP contribution is -2.50. The minimum atomic E-state index is -0.941. The van der Waals surface area contributed by atoms with Gasteiger partial charge < -0.3 is 20.1 Å². The number of hydrogen-bond donors (Lipinski definition) is 2. The van der Waals surface area contributed by atoms with Crippen LogP contribution in [0.4, 0.5) is 9.18 Å². The standard InChI is InChI=1S/C17H26FN3O4/c18-8-1-11-25-13-4-2-12(3-5-13)14-19-15(22)17(20-14)6-9-21(10-7-17)16(23)24/h12-13H,1-11H2,(H,23,24)(H,19,20,22)/t12-,13+. The molecule has 1 saturated carbocycles. The van der Waals surface area contributed by atoms with Crippen molar-refractivity contribution in [3.63, 3.8) is 0 Å². The van der Waals surface area contributed by atoms with Crippen LogP contribution in [0.5, 0.6) is 0 Å². The van der Waals surface area contributed by atoms with Gasteiger partial charge in [-0.1, -0.05) is 0 Å². The second-order valence-electron chi connectivity index (χ2n) is 7.14. The summed E-state index contributed by atoms with van der Waals surface area (Å²) in [5, 5.41) is 12.0. The number of nitrogens with zero attached hydrogens (tertiary/aromatic N) is 2. The largest absolute Gasteiger partial charge is 0.465 e. The number of ether oxygens (including phenoxy) is 1. The van der Waals surface area contributed by atoms with E-state index in [2.05, 4.69) is 5.32 Å². The number of halogens is 1. The third-order valence-corrected chi connectivity index (χ3v) is 5.55. The topological polar surface area (TPSA) is 91.2 Å². The summed E-state index contributed by atoms with van der Waals surface area (Å²) in [5.41, 5.74) is -0.782. The lowest BCUT2D eigenvalue weighted by molar-refractivity contribution is -0.125. The molecule has 2 N–H and O–H groups in total. The van der Waals surface area contributed by atoms with E-state index in [0.717, 1.165) is 31.5 Å². The maximum atomic E-state index is 12.5. The normalized spacial score (nSPS) is 28.8. The first-order valence-corrected chi connectivity index (χ1v) is 9.11. The fourth-order valence-corrected chi connectivity index (χ4v) is 3.95. The zero-order chi connectivity index (χ0) is 17.9. The average molecular weight is 355 g/mol. The number of likely N-dealkylation sites (tertiary alicyclic amines) is 1. The van der Waals surface area contributed by atoms with Gasteiger partial charge in [-0.15, -0.1) is 0 Å². The zero-order valence-corrected chi connectivity index (χ0v) is 14.4. The molecule has 2 aliphatic heterocycles. The predicted molar refractivity (Wildman–Crippen MR) is 89.4 cm³/mol. The van der Waals surface area contributed by atoms with Gasteiger partial charge in [0, 0.05) is 25.6 Å². The molecular weight excluding hydrogens is 329 g/mol. The number of rotatable bonds is 5. The number of hydrogen-bond acceptors (Lipinski definition) is 4. The van der Waals surface area contributed by atoms with Gasteiger partial charge in [-0.25, -0.2) is 4.79 Å². The van der Waals surface area contributed by atoms with Crippen molar-refractivity contribution in [1.29, 1.82) is 0 Å². The fraction of sp³-hybridized carbons (Fsp3) is 0.824.